The van der Waals surface area contributed by atoms with Crippen molar-refractivity contribution < 1.29 is 0 Å². The normalized spacial score (nSPS) is 6.12. The number of hydrogen-bond acceptors (Lipinski definition) is 0. The molecule has 0 bridgehead atoms. The van der Waals surface area contributed by atoms with Crippen molar-refractivity contribution in [1.82, 2.24) is 0 Å². The van der Waals surface area contributed by atoms with Gasteiger partial charge < -0.3 is 0 Å². The summed E-state index contributed by atoms with van der Waals surface area (Å²) in [5, 5.41) is 0. The summed E-state index contributed by atoms with van der Waals surface area (Å²) in [5.41, 5.74) is 1.27. The number of rotatable bonds is 0. The van der Waals surface area contributed by atoms with Gasteiger partial charge in [-0.3, -0.25) is 0 Å². The van der Waals surface area contributed by atoms with Crippen LogP contribution in [0.1, 0.15) is 13.8 Å². The summed E-state index contributed by atoms with van der Waals surface area (Å²) in [5.74, 6) is 0. The molecule has 0 aliphatic heterocycles. The van der Waals surface area contributed by atoms with Gasteiger partial charge in [0.25, 0.3) is 0 Å². The third-order valence-electron chi connectivity index (χ3n) is 0.408. The number of halogens is 2. The molecular weight excluding hydrogens is 201 g/mol. The van der Waals surface area contributed by atoms with Crippen LogP contribution in [-0.2, 0) is 0 Å². The second kappa shape index (κ2) is 10.9. The average Bonchev–Trinajstić information content (AvgIpc) is 1.69. The quantitative estimate of drug-likeness (QED) is 0.539. The summed E-state index contributed by atoms with van der Waals surface area (Å²) < 4.78 is 0. The van der Waals surface area contributed by atoms with E-state index in [2.05, 4.69) is 6.92 Å². The van der Waals surface area contributed by atoms with Gasteiger partial charge >= 0.3 is 34.7 Å². The second-order valence-electron chi connectivity index (χ2n) is 1.38. The summed E-state index contributed by atoms with van der Waals surface area (Å²) in [7, 11) is 9.90. The molecule has 0 saturated carbocycles. The summed E-state index contributed by atoms with van der Waals surface area (Å²) in [6, 6.07) is 0. The Kier molecular flexibility index (Phi) is 15.9. The fraction of sp³-hybridized carbons (Fsp3) is 0.400. The van der Waals surface area contributed by atoms with Crippen molar-refractivity contribution in [2.24, 2.45) is 0 Å². The first-order chi connectivity index (χ1) is 3.68. The molecule has 0 N–H and O–H groups in total. The molecule has 0 aliphatic carbocycles. The van der Waals surface area contributed by atoms with E-state index < -0.39 is 15.4 Å². The summed E-state index contributed by atoms with van der Waals surface area (Å²) in [6.07, 6.45) is 1.83. The van der Waals surface area contributed by atoms with Gasteiger partial charge in [0.2, 0.25) is 0 Å². The third-order valence-corrected chi connectivity index (χ3v) is 0.408. The number of allylic oxidation sites excluding steroid dienone is 2. The van der Waals surface area contributed by atoms with E-state index >= 15 is 0 Å². The topological polar surface area (TPSA) is 0 Å². The maximum atomic E-state index is 4.95. The third kappa shape index (κ3) is 28.2. The van der Waals surface area contributed by atoms with Gasteiger partial charge in [-0.2, -0.15) is 0 Å². The SMILES string of the molecule is [CH2]C=C(C)C.[Cl][GaH][Cl]. The minimum atomic E-state index is -0.931. The van der Waals surface area contributed by atoms with Crippen LogP contribution in [0.2, 0.25) is 0 Å². The molecule has 0 saturated heterocycles. The predicted octanol–water partition coefficient (Wildman–Crippen LogP) is 2.52. The van der Waals surface area contributed by atoms with E-state index in [4.69, 9.17) is 19.3 Å². The molecule has 1 radical (unpaired) electrons. The van der Waals surface area contributed by atoms with Crippen LogP contribution in [0.3, 0.4) is 0 Å². The fourth-order valence-corrected chi connectivity index (χ4v) is 0. The summed E-state index contributed by atoms with van der Waals surface area (Å²) in [4.78, 5) is 0. The molecule has 0 aromatic heterocycles. The van der Waals surface area contributed by atoms with E-state index in [1.165, 1.54) is 5.57 Å². The molecule has 0 fully saturated rings. The zero-order valence-corrected chi connectivity index (χ0v) is 9.73. The van der Waals surface area contributed by atoms with E-state index in [0.29, 0.717) is 0 Å². The van der Waals surface area contributed by atoms with Crippen LogP contribution in [0, 0.1) is 6.92 Å². The van der Waals surface area contributed by atoms with E-state index in [1.54, 1.807) is 0 Å². The van der Waals surface area contributed by atoms with Gasteiger partial charge in [-0.15, -0.1) is 0 Å². The Labute approximate surface area is 67.1 Å². The Balaban J connectivity index is 0. The van der Waals surface area contributed by atoms with Crippen LogP contribution in [0.25, 0.3) is 0 Å². The van der Waals surface area contributed by atoms with Crippen molar-refractivity contribution >= 4 is 34.7 Å². The first-order valence-electron chi connectivity index (χ1n) is 2.23. The molecular formula is C5H10Cl2Ga. The Morgan fingerprint density at radius 1 is 1.50 bits per heavy atom. The van der Waals surface area contributed by atoms with Crippen molar-refractivity contribution in [2.45, 2.75) is 13.8 Å². The van der Waals surface area contributed by atoms with Crippen LogP contribution in [-0.4, -0.2) is 15.4 Å². The van der Waals surface area contributed by atoms with E-state index in [9.17, 15) is 0 Å². The molecule has 0 atom stereocenters. The van der Waals surface area contributed by atoms with Crippen LogP contribution < -0.4 is 0 Å². The standard InChI is InChI=1S/C5H9.2ClH.Ga.H/c1-4-5(2)3;;;;/h4H,1H2,2-3H3;2*1H;;/q;;;+2;/p-2. The van der Waals surface area contributed by atoms with E-state index in [1.807, 2.05) is 19.9 Å². The Bertz CT molecular complexity index is 57.4. The van der Waals surface area contributed by atoms with Crippen LogP contribution in [0.4, 0.5) is 0 Å². The first-order valence-corrected chi connectivity index (χ1v) is 10.0. The molecule has 0 heterocycles. The Morgan fingerprint density at radius 2 is 1.62 bits per heavy atom. The molecule has 0 unspecified atom stereocenters. The van der Waals surface area contributed by atoms with Crippen molar-refractivity contribution in [2.75, 3.05) is 0 Å². The molecule has 0 amide bonds. The summed E-state index contributed by atoms with van der Waals surface area (Å²) in [6.45, 7) is 7.56. The van der Waals surface area contributed by atoms with Gasteiger partial charge in [0.15, 0.2) is 0 Å². The molecule has 0 nitrogen and oxygen atoms in total. The van der Waals surface area contributed by atoms with Gasteiger partial charge in [-0.1, -0.05) is 11.6 Å². The second-order valence-corrected chi connectivity index (χ2v) is 6.01. The predicted molar refractivity (Wildman–Crippen MR) is 43.6 cm³/mol. The molecule has 0 rings (SSSR count). The van der Waals surface area contributed by atoms with Crippen LogP contribution in [0.15, 0.2) is 11.6 Å². The molecule has 0 spiro atoms. The van der Waals surface area contributed by atoms with Crippen LogP contribution >= 0.6 is 19.3 Å². The molecule has 3 heteroatoms. The van der Waals surface area contributed by atoms with Crippen LogP contribution in [0.5, 0.6) is 0 Å². The van der Waals surface area contributed by atoms with E-state index in [-0.39, 0.29) is 0 Å². The van der Waals surface area contributed by atoms with E-state index in [0.717, 1.165) is 0 Å². The minimum absolute atomic E-state index is 0.931. The Hall–Kier alpha value is 0.956. The molecule has 0 aromatic carbocycles. The molecule has 47 valence electrons. The van der Waals surface area contributed by atoms with Gasteiger partial charge in [-0.25, -0.2) is 0 Å². The van der Waals surface area contributed by atoms with Crippen molar-refractivity contribution in [3.63, 3.8) is 0 Å². The van der Waals surface area contributed by atoms with Crippen molar-refractivity contribution in [3.05, 3.63) is 18.6 Å². The van der Waals surface area contributed by atoms with Gasteiger partial charge in [-0.05, 0) is 20.8 Å². The van der Waals surface area contributed by atoms with Gasteiger partial charge in [0.05, 0.1) is 0 Å². The van der Waals surface area contributed by atoms with Gasteiger partial charge in [0.1, 0.15) is 0 Å². The molecule has 8 heavy (non-hydrogen) atoms. The molecule has 0 aliphatic rings. The first kappa shape index (κ1) is 11.7. The fourth-order valence-electron chi connectivity index (χ4n) is 0. The van der Waals surface area contributed by atoms with Crippen molar-refractivity contribution in [1.29, 1.82) is 0 Å². The Morgan fingerprint density at radius 3 is 1.62 bits per heavy atom. The van der Waals surface area contributed by atoms with Crippen molar-refractivity contribution in [3.8, 4) is 0 Å². The maximum absolute atomic E-state index is 4.95. The average molecular weight is 211 g/mol. The van der Waals surface area contributed by atoms with Gasteiger partial charge in [0, 0.05) is 0 Å². The molecule has 0 aromatic rings. The number of hydrogen-bond donors (Lipinski definition) is 0. The zero-order valence-electron chi connectivity index (χ0n) is 5.25. The summed E-state index contributed by atoms with van der Waals surface area (Å²) >= 11 is -0.931. The monoisotopic (exact) mass is 209 g/mol. The zero-order chi connectivity index (χ0) is 6.99.